The molecular weight excluding hydrogens is 1360 g/mol. The topological polar surface area (TPSA) is 314 Å². The molecule has 106 heavy (non-hydrogen) atoms. The van der Waals surface area contributed by atoms with Crippen molar-refractivity contribution in [3.63, 3.8) is 0 Å². The molecule has 1 spiro atoms. The van der Waals surface area contributed by atoms with Crippen LogP contribution in [0.2, 0.25) is 0 Å². The number of carbonyl (C=O) groups excluding carboxylic acids is 9. The van der Waals surface area contributed by atoms with E-state index in [1.807, 2.05) is 91.1 Å². The molecule has 1 saturated carbocycles. The minimum absolute atomic E-state index is 0.0386. The Morgan fingerprint density at radius 3 is 2.05 bits per heavy atom. The van der Waals surface area contributed by atoms with Gasteiger partial charge in [-0.15, -0.1) is 0 Å². The fourth-order valence-electron chi connectivity index (χ4n) is 13.9. The van der Waals surface area contributed by atoms with Crippen LogP contribution >= 0.6 is 0 Å². The van der Waals surface area contributed by atoms with Gasteiger partial charge in [0.15, 0.2) is 29.2 Å². The van der Waals surface area contributed by atoms with Crippen molar-refractivity contribution in [1.29, 1.82) is 0 Å². The first-order valence-corrected chi connectivity index (χ1v) is 35.2. The maximum Gasteiger partial charge on any atom is 0.416 e. The molecule has 1 saturated heterocycles. The predicted molar refractivity (Wildman–Crippen MR) is 394 cm³/mol. The zero-order chi connectivity index (χ0) is 74.0. The molecule has 4 atom stereocenters. The molecule has 2 fully saturated rings. The van der Waals surface area contributed by atoms with Crippen LogP contribution < -0.4 is 65.4 Å². The van der Waals surface area contributed by atoms with E-state index in [2.05, 4.69) is 31.9 Å². The summed E-state index contributed by atoms with van der Waals surface area (Å²) < 4.78 is 35.3. The van der Waals surface area contributed by atoms with E-state index in [0.29, 0.717) is 84.1 Å². The number of amides is 9. The number of methoxy groups -OCH3 is 3. The number of rotatable bonds is 26. The van der Waals surface area contributed by atoms with Crippen LogP contribution in [0.4, 0.5) is 27.5 Å². The van der Waals surface area contributed by atoms with Gasteiger partial charge in [-0.3, -0.25) is 38.4 Å². The maximum absolute atomic E-state index is 14.5. The summed E-state index contributed by atoms with van der Waals surface area (Å²) in [7, 11) is 4.56. The van der Waals surface area contributed by atoms with Gasteiger partial charge in [-0.25, -0.2) is 9.69 Å². The largest absolute Gasteiger partial charge is 0.497 e. The lowest BCUT2D eigenvalue weighted by Gasteiger charge is -2.31. The third-order valence-electron chi connectivity index (χ3n) is 19.8. The number of nitrogens with zero attached hydrogens (tertiary/aromatic N) is 4. The van der Waals surface area contributed by atoms with E-state index >= 15 is 0 Å². The van der Waals surface area contributed by atoms with Crippen LogP contribution in [0.15, 0.2) is 158 Å². The van der Waals surface area contributed by atoms with Gasteiger partial charge in [-0.1, -0.05) is 109 Å². The second-order valence-electron chi connectivity index (χ2n) is 26.9. The monoisotopic (exact) mass is 1440 g/mol. The molecule has 9 amide bonds. The zero-order valence-electron chi connectivity index (χ0n) is 58.9. The summed E-state index contributed by atoms with van der Waals surface area (Å²) in [5, 5.41) is 28.5. The third kappa shape index (κ3) is 16.6. The van der Waals surface area contributed by atoms with Crippen LogP contribution in [-0.4, -0.2) is 160 Å². The van der Waals surface area contributed by atoms with E-state index in [4.69, 9.17) is 28.4 Å². The first-order chi connectivity index (χ1) is 51.4. The summed E-state index contributed by atoms with van der Waals surface area (Å²) in [5.74, 6) is -2.12. The number of para-hydroxylation sites is 1. The molecule has 26 nitrogen and oxygen atoms in total. The highest BCUT2D eigenvalue weighted by Gasteiger charge is 2.58. The number of hydrogen-bond donors (Lipinski definition) is 7. The van der Waals surface area contributed by atoms with Gasteiger partial charge in [-0.05, 0) is 113 Å². The van der Waals surface area contributed by atoms with Crippen molar-refractivity contribution in [2.75, 3.05) is 87.7 Å². The Morgan fingerprint density at radius 1 is 0.642 bits per heavy atom. The van der Waals surface area contributed by atoms with Crippen LogP contribution in [0.3, 0.4) is 0 Å². The molecule has 0 radical (unpaired) electrons. The molecule has 5 aliphatic heterocycles. The Labute approximate surface area is 611 Å². The zero-order valence-corrected chi connectivity index (χ0v) is 58.9. The SMILES string of the molecule is COc1ccc(C2=CN3C(=O)c4cc(OC)c(OCCCOc5cc6c(cc5OC)C(=O)N5CC7(CC7)CC5C(O)N6C(=O)OCc5ccc(NC(=O)CNC(=O)[C@H](Cc6ccccc6)NC(=O)CNC(=O)CNC(=O)CCC(=O)N6Cc7ccccc7C=Cc7ccccc76)cc5)cc4NC[C@@H]3C2)cc1. The van der Waals surface area contributed by atoms with Crippen molar-refractivity contribution in [1.82, 2.24) is 31.1 Å². The molecule has 7 aromatic carbocycles. The van der Waals surface area contributed by atoms with Gasteiger partial charge >= 0.3 is 6.09 Å². The summed E-state index contributed by atoms with van der Waals surface area (Å²) in [5.41, 5.74) is 8.15. The van der Waals surface area contributed by atoms with Gasteiger partial charge in [-0.2, -0.15) is 0 Å². The smallest absolute Gasteiger partial charge is 0.416 e. The molecule has 13 rings (SSSR count). The van der Waals surface area contributed by atoms with Gasteiger partial charge in [0, 0.05) is 62.8 Å². The maximum atomic E-state index is 14.5. The molecule has 5 heterocycles. The number of ether oxygens (including phenoxy) is 6. The lowest BCUT2D eigenvalue weighted by atomic mass is 10.0. The normalized spacial score (nSPS) is 17.2. The average Bonchev–Trinajstić information content (AvgIpc) is 1.59. The van der Waals surface area contributed by atoms with Crippen LogP contribution in [0.25, 0.3) is 17.7 Å². The summed E-state index contributed by atoms with van der Waals surface area (Å²) in [4.78, 5) is 129. The van der Waals surface area contributed by atoms with E-state index in [1.165, 1.54) is 26.4 Å². The Balaban J connectivity index is 0.581. The number of hydrogen-bond acceptors (Lipinski definition) is 17. The standard InChI is InChI=1S/C80H82N10O16/c1-101-58-26-22-52(23-27-58)55-35-57-41-81-61-38-68(66(102-2)36-59(61)76(97)87(57)46-55)104-32-11-33-105-69-39-64-60(37-67(69)103-3)77(98)89-48-80(30-31-80)40-65(89)78(99)90(64)79(100)106-47-50-18-24-56(25-19-50)85-72(93)44-84-75(96)62(34-49-12-5-4-6-13-49)86-73(94)43-83-71(92)42-82-70(91)28-29-74(95)88-45-54-16-8-7-14-51(54)20-21-53-15-9-10-17-63(53)88/h4-10,12-27,36-39,46,57,62,65,78,81,99H,11,28-35,40-45,47-48H2,1-3H3,(H,82,91)(H,83,92)(H,84,96)(H,85,93)(H,86,94)/t57-,62-,65?,78?/m0/s1. The summed E-state index contributed by atoms with van der Waals surface area (Å²) >= 11 is 0. The molecule has 1 aliphatic carbocycles. The molecule has 2 unspecified atom stereocenters. The number of aliphatic hydroxyl groups is 1. The van der Waals surface area contributed by atoms with Crippen LogP contribution in [-0.2, 0) is 53.1 Å². The minimum Gasteiger partial charge on any atom is -0.497 e. The molecule has 6 aliphatic rings. The van der Waals surface area contributed by atoms with Crippen LogP contribution in [0, 0.1) is 5.41 Å². The Kier molecular flexibility index (Phi) is 21.9. The molecule has 7 N–H and O–H groups in total. The Bertz CT molecular complexity index is 4580. The van der Waals surface area contributed by atoms with Gasteiger partial charge in [0.1, 0.15) is 18.4 Å². The fraction of sp³-hybridized carbons (Fsp3) is 0.312. The van der Waals surface area contributed by atoms with Crippen molar-refractivity contribution in [3.05, 3.63) is 202 Å². The first-order valence-electron chi connectivity index (χ1n) is 35.2. The van der Waals surface area contributed by atoms with E-state index in [9.17, 15) is 48.3 Å². The van der Waals surface area contributed by atoms with Crippen molar-refractivity contribution < 1.29 is 76.7 Å². The van der Waals surface area contributed by atoms with Gasteiger partial charge in [0.2, 0.25) is 35.4 Å². The number of nitrogens with one attached hydrogen (secondary N) is 6. The van der Waals surface area contributed by atoms with Crippen LogP contribution in [0.5, 0.6) is 28.7 Å². The Hall–Kier alpha value is -12.2. The van der Waals surface area contributed by atoms with Crippen LogP contribution in [0.1, 0.15) is 99.0 Å². The number of carbonyl (C=O) groups is 9. The number of fused-ring (bicyclic) bond motifs is 6. The summed E-state index contributed by atoms with van der Waals surface area (Å²) in [6.45, 7) is -0.302. The molecule has 548 valence electrons. The highest BCUT2D eigenvalue weighted by atomic mass is 16.6. The second-order valence-corrected chi connectivity index (χ2v) is 26.9. The highest BCUT2D eigenvalue weighted by Crippen LogP contribution is 2.57. The predicted octanol–water partition coefficient (Wildman–Crippen LogP) is 8.22. The molecule has 0 aromatic heterocycles. The molecule has 7 aromatic rings. The molecular formula is C80H82N10O16. The lowest BCUT2D eigenvalue weighted by molar-refractivity contribution is -0.130. The second kappa shape index (κ2) is 32.2. The molecule has 0 bridgehead atoms. The van der Waals surface area contributed by atoms with Gasteiger partial charge < -0.3 is 80.1 Å². The number of benzene rings is 7. The lowest BCUT2D eigenvalue weighted by Crippen LogP contribution is -2.52. The van der Waals surface area contributed by atoms with Crippen molar-refractivity contribution in [2.24, 2.45) is 5.41 Å². The van der Waals surface area contributed by atoms with E-state index in [-0.39, 0.29) is 91.0 Å². The van der Waals surface area contributed by atoms with Gasteiger partial charge in [0.25, 0.3) is 11.8 Å². The first kappa shape index (κ1) is 72.2. The van der Waals surface area contributed by atoms with E-state index in [0.717, 1.165) is 51.3 Å². The molecule has 26 heteroatoms. The number of anilines is 4. The average molecular weight is 1440 g/mol. The highest BCUT2D eigenvalue weighted by molar-refractivity contribution is 6.07. The van der Waals surface area contributed by atoms with E-state index < -0.39 is 73.6 Å². The van der Waals surface area contributed by atoms with Gasteiger partial charge in [0.05, 0.1) is 101 Å². The number of aliphatic hydroxyl groups excluding tert-OH is 1. The van der Waals surface area contributed by atoms with Crippen molar-refractivity contribution in [2.45, 2.75) is 88.9 Å². The summed E-state index contributed by atoms with van der Waals surface area (Å²) in [6.07, 6.45) is 6.41. The minimum atomic E-state index is -1.50. The fourth-order valence-corrected chi connectivity index (χ4v) is 13.9. The third-order valence-corrected chi connectivity index (χ3v) is 19.8. The Morgan fingerprint density at radius 2 is 1.31 bits per heavy atom. The van der Waals surface area contributed by atoms with E-state index in [1.54, 1.807) is 88.5 Å². The quantitative estimate of drug-likeness (QED) is 0.0251. The summed E-state index contributed by atoms with van der Waals surface area (Å²) in [6, 6.07) is 42.7. The van der Waals surface area contributed by atoms with Crippen molar-refractivity contribution >= 4 is 93.8 Å². The van der Waals surface area contributed by atoms with Crippen molar-refractivity contribution in [3.8, 4) is 28.7 Å².